The topological polar surface area (TPSA) is 70.9 Å². The average Bonchev–Trinajstić information content (AvgIpc) is 3.21. The van der Waals surface area contributed by atoms with Gasteiger partial charge in [0.05, 0.1) is 0 Å². The first kappa shape index (κ1) is 18.8. The van der Waals surface area contributed by atoms with Crippen LogP contribution >= 0.6 is 12.4 Å². The van der Waals surface area contributed by atoms with Gasteiger partial charge in [-0.3, -0.25) is 4.79 Å². The normalized spacial score (nSPS) is 20.1. The predicted octanol–water partition coefficient (Wildman–Crippen LogP) is 3.19. The molecule has 24 heavy (non-hydrogen) atoms. The number of nitrogens with two attached hydrogens (primary N) is 1. The first-order valence-corrected chi connectivity index (χ1v) is 8.80. The Morgan fingerprint density at radius 2 is 2.17 bits per heavy atom. The number of para-hydroxylation sites is 1. The lowest BCUT2D eigenvalue weighted by Gasteiger charge is -2.17. The van der Waals surface area contributed by atoms with Gasteiger partial charge in [0, 0.05) is 29.6 Å². The van der Waals surface area contributed by atoms with Gasteiger partial charge in [0.25, 0.3) is 0 Å². The van der Waals surface area contributed by atoms with Crippen LogP contribution in [0, 0.1) is 11.8 Å². The molecule has 0 saturated heterocycles. The summed E-state index contributed by atoms with van der Waals surface area (Å²) in [4.78, 5) is 15.7. The number of hydrogen-bond donors (Lipinski definition) is 3. The van der Waals surface area contributed by atoms with Gasteiger partial charge in [-0.1, -0.05) is 31.5 Å². The molecule has 132 valence electrons. The van der Waals surface area contributed by atoms with Crippen molar-refractivity contribution >= 4 is 29.2 Å². The van der Waals surface area contributed by atoms with E-state index in [0.717, 1.165) is 32.1 Å². The van der Waals surface area contributed by atoms with Crippen LogP contribution in [-0.2, 0) is 17.6 Å². The molecule has 1 heterocycles. The number of nitrogens with one attached hydrogen (secondary N) is 2. The third-order valence-corrected chi connectivity index (χ3v) is 5.26. The summed E-state index contributed by atoms with van der Waals surface area (Å²) in [5.41, 5.74) is 9.62. The number of carbonyl (C=O) groups excluding carboxylic acids is 1. The molecule has 1 aromatic heterocycles. The van der Waals surface area contributed by atoms with Gasteiger partial charge in [-0.05, 0) is 49.3 Å². The lowest BCUT2D eigenvalue weighted by atomic mass is 9.95. The third kappa shape index (κ3) is 3.76. The Kier molecular flexibility index (Phi) is 6.69. The molecule has 0 unspecified atom stereocenters. The number of benzene rings is 1. The molecule has 1 saturated carbocycles. The lowest BCUT2D eigenvalue weighted by Crippen LogP contribution is -2.36. The van der Waals surface area contributed by atoms with Gasteiger partial charge in [-0.2, -0.15) is 0 Å². The Bertz CT molecular complexity index is 682. The standard InChI is InChI=1S/C19H27N3O.ClH/c1-2-13-5-3-7-16-15(12-22-18(13)16)9-10-21-19(23)17-8-4-6-14(17)11-20;/h3,5,7,12,14,17,22H,2,4,6,8-11,20H2,1H3,(H,21,23);1H/t14-,17-;/m1./s1. The van der Waals surface area contributed by atoms with Crippen LogP contribution in [0.3, 0.4) is 0 Å². The highest BCUT2D eigenvalue weighted by molar-refractivity contribution is 5.86. The van der Waals surface area contributed by atoms with Crippen LogP contribution in [0.4, 0.5) is 0 Å². The van der Waals surface area contributed by atoms with Crippen LogP contribution in [-0.4, -0.2) is 24.0 Å². The van der Waals surface area contributed by atoms with Crippen LogP contribution in [0.25, 0.3) is 10.9 Å². The highest BCUT2D eigenvalue weighted by Crippen LogP contribution is 2.31. The molecule has 0 aliphatic heterocycles. The van der Waals surface area contributed by atoms with E-state index in [0.29, 0.717) is 19.0 Å². The molecule has 4 nitrogen and oxygen atoms in total. The van der Waals surface area contributed by atoms with Crippen LogP contribution in [0.1, 0.15) is 37.3 Å². The van der Waals surface area contributed by atoms with E-state index >= 15 is 0 Å². The first-order chi connectivity index (χ1) is 11.2. The molecule has 1 aromatic carbocycles. The first-order valence-electron chi connectivity index (χ1n) is 8.80. The van der Waals surface area contributed by atoms with Crippen molar-refractivity contribution in [1.29, 1.82) is 0 Å². The molecular weight excluding hydrogens is 322 g/mol. The van der Waals surface area contributed by atoms with E-state index in [2.05, 4.69) is 41.6 Å². The largest absolute Gasteiger partial charge is 0.361 e. The van der Waals surface area contributed by atoms with Crippen LogP contribution in [0.15, 0.2) is 24.4 Å². The minimum Gasteiger partial charge on any atom is -0.361 e. The van der Waals surface area contributed by atoms with Crippen molar-refractivity contribution in [3.63, 3.8) is 0 Å². The maximum Gasteiger partial charge on any atom is 0.223 e. The molecule has 4 N–H and O–H groups in total. The molecule has 2 aromatic rings. The summed E-state index contributed by atoms with van der Waals surface area (Å²) < 4.78 is 0. The zero-order valence-electron chi connectivity index (χ0n) is 14.3. The minimum atomic E-state index is 0. The molecule has 1 fully saturated rings. The molecule has 0 spiro atoms. The smallest absolute Gasteiger partial charge is 0.223 e. The van der Waals surface area contributed by atoms with Gasteiger partial charge < -0.3 is 16.0 Å². The van der Waals surface area contributed by atoms with Gasteiger partial charge in [-0.25, -0.2) is 0 Å². The fourth-order valence-electron chi connectivity index (χ4n) is 3.89. The zero-order chi connectivity index (χ0) is 16.2. The predicted molar refractivity (Wildman–Crippen MR) is 102 cm³/mol. The van der Waals surface area contributed by atoms with Crippen LogP contribution in [0.5, 0.6) is 0 Å². The highest BCUT2D eigenvalue weighted by atomic mass is 35.5. The second kappa shape index (κ2) is 8.54. The second-order valence-corrected chi connectivity index (χ2v) is 6.58. The van der Waals surface area contributed by atoms with E-state index in [9.17, 15) is 4.79 Å². The minimum absolute atomic E-state index is 0. The third-order valence-electron chi connectivity index (χ3n) is 5.26. The second-order valence-electron chi connectivity index (χ2n) is 6.58. The molecule has 1 amide bonds. The fraction of sp³-hybridized carbons (Fsp3) is 0.526. The summed E-state index contributed by atoms with van der Waals surface area (Å²) in [6.07, 6.45) is 7.17. The number of carbonyl (C=O) groups is 1. The fourth-order valence-corrected chi connectivity index (χ4v) is 3.89. The zero-order valence-corrected chi connectivity index (χ0v) is 15.1. The Hall–Kier alpha value is -1.52. The van der Waals surface area contributed by atoms with Crippen molar-refractivity contribution in [2.45, 2.75) is 39.0 Å². The van der Waals surface area contributed by atoms with Gasteiger partial charge in [-0.15, -0.1) is 12.4 Å². The van der Waals surface area contributed by atoms with Crippen LogP contribution < -0.4 is 11.1 Å². The Morgan fingerprint density at radius 3 is 2.92 bits per heavy atom. The molecular formula is C19H28ClN3O. The maximum atomic E-state index is 12.3. The van der Waals surface area contributed by atoms with E-state index in [1.54, 1.807) is 0 Å². The van der Waals surface area contributed by atoms with E-state index in [1.807, 2.05) is 0 Å². The van der Waals surface area contributed by atoms with Gasteiger partial charge in [0.2, 0.25) is 5.91 Å². The summed E-state index contributed by atoms with van der Waals surface area (Å²) in [5.74, 6) is 0.678. The van der Waals surface area contributed by atoms with Crippen molar-refractivity contribution < 1.29 is 4.79 Å². The van der Waals surface area contributed by atoms with E-state index in [1.165, 1.54) is 22.0 Å². The molecule has 0 bridgehead atoms. The maximum absolute atomic E-state index is 12.3. The average molecular weight is 350 g/mol. The number of aromatic nitrogens is 1. The Morgan fingerprint density at radius 1 is 1.33 bits per heavy atom. The van der Waals surface area contributed by atoms with Crippen molar-refractivity contribution in [2.24, 2.45) is 17.6 Å². The number of hydrogen-bond acceptors (Lipinski definition) is 2. The van der Waals surface area contributed by atoms with Crippen molar-refractivity contribution in [2.75, 3.05) is 13.1 Å². The van der Waals surface area contributed by atoms with Crippen molar-refractivity contribution in [3.8, 4) is 0 Å². The molecule has 5 heteroatoms. The highest BCUT2D eigenvalue weighted by Gasteiger charge is 2.31. The van der Waals surface area contributed by atoms with E-state index in [4.69, 9.17) is 5.73 Å². The van der Waals surface area contributed by atoms with Gasteiger partial charge >= 0.3 is 0 Å². The number of fused-ring (bicyclic) bond motifs is 1. The molecule has 0 radical (unpaired) electrons. The number of aromatic amines is 1. The Labute approximate surface area is 150 Å². The van der Waals surface area contributed by atoms with Gasteiger partial charge in [0.1, 0.15) is 0 Å². The monoisotopic (exact) mass is 349 g/mol. The molecule has 1 aliphatic rings. The molecule has 2 atom stereocenters. The van der Waals surface area contributed by atoms with E-state index in [-0.39, 0.29) is 24.2 Å². The molecule has 3 rings (SSSR count). The number of halogens is 1. The SMILES string of the molecule is CCc1cccc2c(CCNC(=O)[C@@H]3CCC[C@@H]3CN)c[nH]c12.Cl. The number of rotatable bonds is 6. The Balaban J connectivity index is 0.00000208. The van der Waals surface area contributed by atoms with E-state index < -0.39 is 0 Å². The van der Waals surface area contributed by atoms with Crippen molar-refractivity contribution in [1.82, 2.24) is 10.3 Å². The quantitative estimate of drug-likeness (QED) is 0.749. The summed E-state index contributed by atoms with van der Waals surface area (Å²) in [7, 11) is 0. The number of aryl methyl sites for hydroxylation is 1. The number of amides is 1. The summed E-state index contributed by atoms with van der Waals surface area (Å²) in [6, 6.07) is 6.43. The lowest BCUT2D eigenvalue weighted by molar-refractivity contribution is -0.125. The van der Waals surface area contributed by atoms with Gasteiger partial charge in [0.15, 0.2) is 0 Å². The molecule has 1 aliphatic carbocycles. The van der Waals surface area contributed by atoms with Crippen LogP contribution in [0.2, 0.25) is 0 Å². The number of H-pyrrole nitrogens is 1. The summed E-state index contributed by atoms with van der Waals surface area (Å²) in [6.45, 7) is 3.49. The van der Waals surface area contributed by atoms with Crippen molar-refractivity contribution in [3.05, 3.63) is 35.5 Å². The summed E-state index contributed by atoms with van der Waals surface area (Å²) in [5, 5.41) is 4.39. The summed E-state index contributed by atoms with van der Waals surface area (Å²) >= 11 is 0.